The van der Waals surface area contributed by atoms with Gasteiger partial charge in [-0.05, 0) is 32.1 Å². The highest BCUT2D eigenvalue weighted by atomic mass is 16.5. The molecule has 0 radical (unpaired) electrons. The van der Waals surface area contributed by atoms with Gasteiger partial charge < -0.3 is 9.47 Å². The lowest BCUT2D eigenvalue weighted by molar-refractivity contribution is 0.135. The lowest BCUT2D eigenvalue weighted by atomic mass is 10.2. The maximum absolute atomic E-state index is 8.04. The molecule has 390 valence electrons. The Hall–Kier alpha value is -0.590. The highest BCUT2D eigenvalue weighted by molar-refractivity contribution is 4.67. The van der Waals surface area contributed by atoms with Crippen LogP contribution in [0.25, 0.3) is 0 Å². The van der Waals surface area contributed by atoms with Crippen molar-refractivity contribution in [2.24, 2.45) is 0 Å². The third-order valence-electron chi connectivity index (χ3n) is 7.53. The molecule has 0 aliphatic heterocycles. The molecule has 0 rings (SSSR count). The Morgan fingerprint density at radius 3 is 0.492 bits per heavy atom. The van der Waals surface area contributed by atoms with E-state index < -0.39 is 0 Å². The third kappa shape index (κ3) is 281. The van der Waals surface area contributed by atoms with Crippen LogP contribution in [-0.4, -0.2) is 26.4 Å². The van der Waals surface area contributed by atoms with E-state index in [4.69, 9.17) is 14.7 Å². The molecule has 0 heterocycles. The smallest absolute Gasteiger partial charge is 0.0621 e. The van der Waals surface area contributed by atoms with Crippen LogP contribution >= 0.6 is 0 Å². The molecule has 0 bridgehead atoms. The first-order chi connectivity index (χ1) is 27.6. The Morgan fingerprint density at radius 2 is 0.393 bits per heavy atom. The van der Waals surface area contributed by atoms with Crippen LogP contribution in [0.3, 0.4) is 0 Å². The average molecular weight is 885 g/mol. The number of hydrogen-bond donors (Lipinski definition) is 0. The molecule has 0 aromatic carbocycles. The summed E-state index contributed by atoms with van der Waals surface area (Å²) < 4.78 is 10.3. The monoisotopic (exact) mass is 884 g/mol. The third-order valence-corrected chi connectivity index (χ3v) is 7.53. The standard InChI is InChI=1S/C6H11N.2C6H14O.2C6H14.4C5H12.C4H10.4CH4/c1-2-3-4-5-6-7;2*1-3-5-7-6-4-2;2*1-3-5-6-4-2;4*1-3-5-4-2;1-3-4-2;;;;/h2-5H2,1H3;2*3-6H2,1-2H3;2*3-6H2,1-2H3;4*3-5H2,1-2H3;3-4H2,1-2H3;4*1H4. The maximum Gasteiger partial charge on any atom is 0.0621 e. The molecule has 0 saturated carbocycles. The number of nitriles is 1. The fraction of sp³-hybridized carbons (Fsp3) is 0.983. The molecule has 0 aromatic rings. The zero-order valence-electron chi connectivity index (χ0n) is 44.8. The van der Waals surface area contributed by atoms with Gasteiger partial charge in [-0.2, -0.15) is 5.26 Å². The second-order valence-electron chi connectivity index (χ2n) is 14.7. The molecular weight excluding hydrogens is 743 g/mol. The van der Waals surface area contributed by atoms with Crippen molar-refractivity contribution in [1.82, 2.24) is 0 Å². The predicted octanol–water partition coefficient (Wildman–Crippen LogP) is 24.0. The molecular formula is C58H141NO2. The second kappa shape index (κ2) is 153. The molecule has 0 saturated heterocycles. The molecule has 0 aromatic heterocycles. The van der Waals surface area contributed by atoms with E-state index in [0.717, 1.165) is 65.0 Å². The number of nitrogens with zero attached hydrogens (tertiary/aromatic N) is 1. The van der Waals surface area contributed by atoms with Crippen molar-refractivity contribution >= 4 is 0 Å². The lowest BCUT2D eigenvalue weighted by Crippen LogP contribution is -1.92. The minimum atomic E-state index is 0. The van der Waals surface area contributed by atoms with Crippen molar-refractivity contribution in [2.75, 3.05) is 26.4 Å². The molecule has 0 atom stereocenters. The minimum absolute atomic E-state index is 0. The molecule has 0 N–H and O–H groups in total. The normalized spacial score (nSPS) is 8.10. The molecule has 3 nitrogen and oxygen atoms in total. The van der Waals surface area contributed by atoms with Crippen LogP contribution in [0.5, 0.6) is 0 Å². The van der Waals surface area contributed by atoms with Crippen LogP contribution in [0.4, 0.5) is 0 Å². The summed E-state index contributed by atoms with van der Waals surface area (Å²) >= 11 is 0. The van der Waals surface area contributed by atoms with Gasteiger partial charge in [-0.3, -0.25) is 0 Å². The largest absolute Gasteiger partial charge is 0.381 e. The van der Waals surface area contributed by atoms with E-state index in [2.05, 4.69) is 138 Å². The summed E-state index contributed by atoms with van der Waals surface area (Å²) in [5.41, 5.74) is 0. The highest BCUT2D eigenvalue weighted by Crippen LogP contribution is 1.97. The number of ether oxygens (including phenoxy) is 2. The van der Waals surface area contributed by atoms with Crippen molar-refractivity contribution in [2.45, 2.75) is 354 Å². The number of unbranched alkanes of at least 4 members (excludes halogenated alkanes) is 18. The zero-order chi connectivity index (χ0) is 46.2. The van der Waals surface area contributed by atoms with Gasteiger partial charge in [0.25, 0.3) is 0 Å². The van der Waals surface area contributed by atoms with Gasteiger partial charge in [0, 0.05) is 32.8 Å². The first-order valence-corrected chi connectivity index (χ1v) is 26.2. The maximum atomic E-state index is 8.04. The van der Waals surface area contributed by atoms with E-state index in [0.29, 0.717) is 0 Å². The van der Waals surface area contributed by atoms with E-state index in [-0.39, 0.29) is 29.7 Å². The lowest BCUT2D eigenvalue weighted by Gasteiger charge is -1.95. The SMILES string of the molecule is C.C.C.C.CCCC.CCCCC.CCCCC.CCCCC.CCCCC.CCCCCC.CCCCCC.CCCCCC#N.CCCOCCC.CCCOCCC. The predicted molar refractivity (Wildman–Crippen MR) is 300 cm³/mol. The van der Waals surface area contributed by atoms with Gasteiger partial charge in [-0.15, -0.1) is 0 Å². The van der Waals surface area contributed by atoms with Crippen LogP contribution < -0.4 is 0 Å². The minimum Gasteiger partial charge on any atom is -0.381 e. The van der Waals surface area contributed by atoms with E-state index in [1.807, 2.05) is 0 Å². The Morgan fingerprint density at radius 1 is 0.230 bits per heavy atom. The Labute approximate surface area is 399 Å². The molecule has 61 heavy (non-hydrogen) atoms. The van der Waals surface area contributed by atoms with Gasteiger partial charge in [-0.25, -0.2) is 0 Å². The number of rotatable bonds is 26. The topological polar surface area (TPSA) is 42.2 Å². The van der Waals surface area contributed by atoms with Gasteiger partial charge in [0.1, 0.15) is 0 Å². The molecule has 0 aliphatic carbocycles. The summed E-state index contributed by atoms with van der Waals surface area (Å²) in [5.74, 6) is 0. The quantitative estimate of drug-likeness (QED) is 0.0813. The second-order valence-corrected chi connectivity index (χ2v) is 14.7. The Balaban J connectivity index is -0.0000000334. The van der Waals surface area contributed by atoms with Crippen LogP contribution in [0.15, 0.2) is 0 Å². The van der Waals surface area contributed by atoms with Gasteiger partial charge in [0.15, 0.2) is 0 Å². The number of hydrogen-bond acceptors (Lipinski definition) is 3. The van der Waals surface area contributed by atoms with E-state index in [1.54, 1.807) is 0 Å². The molecule has 0 amide bonds. The summed E-state index contributed by atoms with van der Waals surface area (Å²) in [4.78, 5) is 0. The molecule has 0 aliphatic rings. The first-order valence-electron chi connectivity index (χ1n) is 26.2. The van der Waals surface area contributed by atoms with E-state index >= 15 is 0 Å². The molecule has 0 fully saturated rings. The van der Waals surface area contributed by atoms with Crippen molar-refractivity contribution in [1.29, 1.82) is 5.26 Å². The van der Waals surface area contributed by atoms with Gasteiger partial charge in [-0.1, -0.05) is 315 Å². The molecule has 3 heteroatoms. The summed E-state index contributed by atoms with van der Waals surface area (Å²) in [6.45, 7) is 45.3. The Kier molecular flexibility index (Phi) is 248. The zero-order valence-corrected chi connectivity index (χ0v) is 44.8. The van der Waals surface area contributed by atoms with Crippen molar-refractivity contribution in [3.8, 4) is 6.07 Å². The van der Waals surface area contributed by atoms with Gasteiger partial charge >= 0.3 is 0 Å². The highest BCUT2D eigenvalue weighted by Gasteiger charge is 1.80. The average Bonchev–Trinajstić information content (AvgIpc) is 3.23. The summed E-state index contributed by atoms with van der Waals surface area (Å²) in [5, 5.41) is 8.04. The summed E-state index contributed by atoms with van der Waals surface area (Å²) in [6, 6.07) is 2.10. The van der Waals surface area contributed by atoms with Crippen molar-refractivity contribution < 1.29 is 9.47 Å². The van der Waals surface area contributed by atoms with E-state index in [1.165, 1.54) is 154 Å². The summed E-state index contributed by atoms with van der Waals surface area (Å²) in [7, 11) is 0. The van der Waals surface area contributed by atoms with Crippen LogP contribution in [0.2, 0.25) is 0 Å². The molecule has 0 spiro atoms. The van der Waals surface area contributed by atoms with Gasteiger partial charge in [0.2, 0.25) is 0 Å². The van der Waals surface area contributed by atoms with Crippen molar-refractivity contribution in [3.63, 3.8) is 0 Å². The van der Waals surface area contributed by atoms with Crippen molar-refractivity contribution in [3.05, 3.63) is 0 Å². The van der Waals surface area contributed by atoms with Crippen LogP contribution in [0, 0.1) is 11.3 Å². The van der Waals surface area contributed by atoms with Gasteiger partial charge in [0.05, 0.1) is 6.07 Å². The van der Waals surface area contributed by atoms with Crippen LogP contribution in [-0.2, 0) is 9.47 Å². The van der Waals surface area contributed by atoms with E-state index in [9.17, 15) is 0 Å². The molecule has 0 unspecified atom stereocenters. The summed E-state index contributed by atoms with van der Waals surface area (Å²) in [6.07, 6.45) is 38.8. The first kappa shape index (κ1) is 99.0. The fourth-order valence-electron chi connectivity index (χ4n) is 3.65. The fourth-order valence-corrected chi connectivity index (χ4v) is 3.65. The van der Waals surface area contributed by atoms with Crippen LogP contribution in [0.1, 0.15) is 354 Å². The Bertz CT molecular complexity index is 395.